The van der Waals surface area contributed by atoms with Crippen molar-refractivity contribution in [1.29, 1.82) is 0 Å². The van der Waals surface area contributed by atoms with Crippen LogP contribution in [0.25, 0.3) is 77.2 Å². The third-order valence-electron chi connectivity index (χ3n) is 10.8. The lowest BCUT2D eigenvalue weighted by molar-refractivity contribution is 0.487. The highest BCUT2D eigenvalue weighted by atomic mass is 16.5. The quantitative estimate of drug-likeness (QED) is 0.172. The molecule has 258 valence electrons. The van der Waals surface area contributed by atoms with E-state index in [-0.39, 0.29) is 0 Å². The molecule has 0 atom stereocenters. The molecular formula is C52H33NO2. The number of rotatable bonds is 6. The molecule has 0 fully saturated rings. The van der Waals surface area contributed by atoms with E-state index in [1.807, 2.05) is 18.2 Å². The van der Waals surface area contributed by atoms with Gasteiger partial charge in [-0.05, 0) is 111 Å². The SMILES string of the molecule is c1ccc(-c2cc(-c3ccccc3)cc(-c3ccc4c5c(cccc35)-c3ccc(N(c5ccccc5)c5cccc6oc7ccccc7c56)cc3O4)c2)cc1. The maximum atomic E-state index is 6.89. The molecule has 0 saturated carbocycles. The van der Waals surface area contributed by atoms with E-state index in [0.29, 0.717) is 0 Å². The predicted molar refractivity (Wildman–Crippen MR) is 228 cm³/mol. The minimum Gasteiger partial charge on any atom is -0.456 e. The van der Waals surface area contributed by atoms with Gasteiger partial charge in [0.25, 0.3) is 0 Å². The number of hydrogen-bond donors (Lipinski definition) is 0. The number of para-hydroxylation sites is 2. The third kappa shape index (κ3) is 5.20. The van der Waals surface area contributed by atoms with E-state index < -0.39 is 0 Å². The van der Waals surface area contributed by atoms with E-state index in [2.05, 4.69) is 187 Å². The fourth-order valence-corrected chi connectivity index (χ4v) is 8.34. The van der Waals surface area contributed by atoms with Crippen molar-refractivity contribution in [3.05, 3.63) is 200 Å². The molecule has 0 radical (unpaired) electrons. The minimum atomic E-state index is 0.827. The molecule has 3 nitrogen and oxygen atoms in total. The number of anilines is 3. The highest BCUT2D eigenvalue weighted by molar-refractivity contribution is 6.14. The number of hydrogen-bond acceptors (Lipinski definition) is 3. The van der Waals surface area contributed by atoms with Gasteiger partial charge in [0, 0.05) is 33.8 Å². The molecule has 0 N–H and O–H groups in total. The zero-order chi connectivity index (χ0) is 36.3. The Morgan fingerprint density at radius 1 is 0.327 bits per heavy atom. The first-order valence-electron chi connectivity index (χ1n) is 18.7. The summed E-state index contributed by atoms with van der Waals surface area (Å²) in [7, 11) is 0. The van der Waals surface area contributed by atoms with Crippen LogP contribution in [0.2, 0.25) is 0 Å². The second-order valence-corrected chi connectivity index (χ2v) is 14.1. The Bertz CT molecular complexity index is 3000. The van der Waals surface area contributed by atoms with Gasteiger partial charge in [-0.3, -0.25) is 0 Å². The smallest absolute Gasteiger partial charge is 0.137 e. The van der Waals surface area contributed by atoms with Crippen LogP contribution in [0, 0.1) is 0 Å². The summed E-state index contributed by atoms with van der Waals surface area (Å²) in [6.45, 7) is 0. The minimum absolute atomic E-state index is 0.827. The highest BCUT2D eigenvalue weighted by Crippen LogP contribution is 2.51. The molecule has 10 aromatic rings. The first kappa shape index (κ1) is 31.2. The van der Waals surface area contributed by atoms with E-state index >= 15 is 0 Å². The van der Waals surface area contributed by atoms with Gasteiger partial charge in [0.15, 0.2) is 0 Å². The van der Waals surface area contributed by atoms with Crippen molar-refractivity contribution in [2.45, 2.75) is 0 Å². The van der Waals surface area contributed by atoms with Crippen LogP contribution < -0.4 is 9.64 Å². The molecule has 1 aromatic heterocycles. The lowest BCUT2D eigenvalue weighted by atomic mass is 9.88. The number of nitrogens with zero attached hydrogens (tertiary/aromatic N) is 1. The monoisotopic (exact) mass is 703 g/mol. The Morgan fingerprint density at radius 3 is 1.71 bits per heavy atom. The van der Waals surface area contributed by atoms with Crippen molar-refractivity contribution in [3.8, 4) is 56.0 Å². The molecular weight excluding hydrogens is 671 g/mol. The summed E-state index contributed by atoms with van der Waals surface area (Å²) in [5, 5.41) is 4.46. The molecule has 0 aliphatic carbocycles. The summed E-state index contributed by atoms with van der Waals surface area (Å²) in [6.07, 6.45) is 0. The van der Waals surface area contributed by atoms with Gasteiger partial charge >= 0.3 is 0 Å². The van der Waals surface area contributed by atoms with Crippen molar-refractivity contribution >= 4 is 49.8 Å². The summed E-state index contributed by atoms with van der Waals surface area (Å²) >= 11 is 0. The average Bonchev–Trinajstić information content (AvgIpc) is 3.64. The van der Waals surface area contributed by atoms with E-state index in [1.165, 1.54) is 44.3 Å². The molecule has 11 rings (SSSR count). The Labute approximate surface area is 318 Å². The Hall–Kier alpha value is -7.36. The highest BCUT2D eigenvalue weighted by Gasteiger charge is 2.25. The molecule has 3 heteroatoms. The maximum absolute atomic E-state index is 6.89. The number of furan rings is 1. The lowest BCUT2D eigenvalue weighted by Gasteiger charge is -2.28. The summed E-state index contributed by atoms with van der Waals surface area (Å²) in [4.78, 5) is 2.30. The number of benzene rings is 9. The lowest BCUT2D eigenvalue weighted by Crippen LogP contribution is -2.11. The van der Waals surface area contributed by atoms with Gasteiger partial charge in [0.05, 0.1) is 11.1 Å². The van der Waals surface area contributed by atoms with Gasteiger partial charge in [-0.1, -0.05) is 127 Å². The topological polar surface area (TPSA) is 25.6 Å². The average molecular weight is 704 g/mol. The summed E-state index contributed by atoms with van der Waals surface area (Å²) in [6, 6.07) is 70.8. The predicted octanol–water partition coefficient (Wildman–Crippen LogP) is 15.0. The molecule has 1 aliphatic heterocycles. The molecule has 55 heavy (non-hydrogen) atoms. The van der Waals surface area contributed by atoms with E-state index in [0.717, 1.165) is 61.4 Å². The molecule has 0 spiro atoms. The Balaban J connectivity index is 1.06. The zero-order valence-electron chi connectivity index (χ0n) is 29.8. The van der Waals surface area contributed by atoms with Crippen LogP contribution in [0.4, 0.5) is 17.1 Å². The molecule has 0 unspecified atom stereocenters. The Kier molecular flexibility index (Phi) is 7.17. The molecule has 1 aliphatic rings. The van der Waals surface area contributed by atoms with Crippen molar-refractivity contribution < 1.29 is 9.15 Å². The van der Waals surface area contributed by atoms with Gasteiger partial charge in [-0.2, -0.15) is 0 Å². The van der Waals surface area contributed by atoms with Gasteiger partial charge in [0.1, 0.15) is 22.7 Å². The van der Waals surface area contributed by atoms with E-state index in [4.69, 9.17) is 9.15 Å². The summed E-state index contributed by atoms with van der Waals surface area (Å²) in [5.41, 5.74) is 14.2. The van der Waals surface area contributed by atoms with Crippen LogP contribution in [0.15, 0.2) is 205 Å². The third-order valence-corrected chi connectivity index (χ3v) is 10.8. The second kappa shape index (κ2) is 12.6. The van der Waals surface area contributed by atoms with Crippen LogP contribution >= 0.6 is 0 Å². The first-order chi connectivity index (χ1) is 27.3. The van der Waals surface area contributed by atoms with Crippen LogP contribution in [0.1, 0.15) is 0 Å². The molecule has 0 amide bonds. The van der Waals surface area contributed by atoms with E-state index in [9.17, 15) is 0 Å². The Morgan fingerprint density at radius 2 is 0.945 bits per heavy atom. The number of fused-ring (bicyclic) bond motifs is 5. The molecule has 0 saturated heterocycles. The summed E-state index contributed by atoms with van der Waals surface area (Å²) < 4.78 is 13.2. The van der Waals surface area contributed by atoms with Crippen LogP contribution in [-0.4, -0.2) is 0 Å². The van der Waals surface area contributed by atoms with Crippen LogP contribution in [0.3, 0.4) is 0 Å². The largest absolute Gasteiger partial charge is 0.456 e. The van der Waals surface area contributed by atoms with Crippen LogP contribution in [0.5, 0.6) is 11.5 Å². The van der Waals surface area contributed by atoms with Crippen molar-refractivity contribution in [1.82, 2.24) is 0 Å². The van der Waals surface area contributed by atoms with Crippen LogP contribution in [-0.2, 0) is 0 Å². The second-order valence-electron chi connectivity index (χ2n) is 14.1. The van der Waals surface area contributed by atoms with E-state index in [1.54, 1.807) is 0 Å². The normalized spacial score (nSPS) is 11.8. The first-order valence-corrected chi connectivity index (χ1v) is 18.7. The molecule has 2 heterocycles. The number of ether oxygens (including phenoxy) is 1. The zero-order valence-corrected chi connectivity index (χ0v) is 29.8. The van der Waals surface area contributed by atoms with Crippen molar-refractivity contribution in [3.63, 3.8) is 0 Å². The maximum Gasteiger partial charge on any atom is 0.137 e. The standard InChI is InChI=1S/C52H33NO2/c1-4-14-34(15-5-1)36-30-37(35-16-6-2-7-17-35)32-38(31-36)41-28-29-49-51-43(41)21-12-22-44(51)42-27-26-40(33-50(42)55-49)53(39-18-8-3-9-19-39)46-23-13-25-48-52(46)45-20-10-11-24-47(45)54-48/h1-33H. The van der Waals surface area contributed by atoms with Gasteiger partial charge < -0.3 is 14.1 Å². The van der Waals surface area contributed by atoms with Gasteiger partial charge in [-0.15, -0.1) is 0 Å². The molecule has 9 aromatic carbocycles. The van der Waals surface area contributed by atoms with Crippen molar-refractivity contribution in [2.24, 2.45) is 0 Å². The van der Waals surface area contributed by atoms with Gasteiger partial charge in [0.2, 0.25) is 0 Å². The fourth-order valence-electron chi connectivity index (χ4n) is 8.34. The summed E-state index contributed by atoms with van der Waals surface area (Å²) in [5.74, 6) is 1.68. The van der Waals surface area contributed by atoms with Crippen molar-refractivity contribution in [2.75, 3.05) is 4.90 Å². The van der Waals surface area contributed by atoms with Gasteiger partial charge in [-0.25, -0.2) is 0 Å². The molecule has 0 bridgehead atoms. The fraction of sp³-hybridized carbons (Fsp3) is 0.